The maximum atomic E-state index is 10.2. The molecule has 3 aromatic rings. The lowest BCUT2D eigenvalue weighted by molar-refractivity contribution is 0.130. The van der Waals surface area contributed by atoms with Crippen LogP contribution in [-0.4, -0.2) is 59.0 Å². The van der Waals surface area contributed by atoms with Crippen molar-refractivity contribution in [1.82, 2.24) is 9.88 Å². The van der Waals surface area contributed by atoms with Gasteiger partial charge in [-0.15, -0.1) is 0 Å². The molecule has 7 heteroatoms. The summed E-state index contributed by atoms with van der Waals surface area (Å²) in [6, 6.07) is 10.6. The minimum atomic E-state index is -0.0433. The summed E-state index contributed by atoms with van der Waals surface area (Å²) in [5, 5.41) is 25.1. The van der Waals surface area contributed by atoms with Crippen LogP contribution >= 0.6 is 11.6 Å². The van der Waals surface area contributed by atoms with Crippen LogP contribution in [0.5, 0.6) is 11.5 Å². The van der Waals surface area contributed by atoms with Crippen LogP contribution in [0.15, 0.2) is 36.5 Å². The number of aliphatic hydroxyl groups excluding tert-OH is 1. The second kappa shape index (κ2) is 11.5. The Hall–Kier alpha value is -2.54. The fourth-order valence-electron chi connectivity index (χ4n) is 6.12. The van der Waals surface area contributed by atoms with Gasteiger partial charge in [-0.05, 0) is 98.4 Å². The monoisotopic (exact) mass is 523 g/mol. The number of phenolic OH excluding ortho intramolecular Hbond substituents is 1. The van der Waals surface area contributed by atoms with E-state index in [1.807, 2.05) is 24.4 Å². The van der Waals surface area contributed by atoms with Gasteiger partial charge in [0.15, 0.2) is 11.5 Å². The van der Waals surface area contributed by atoms with Gasteiger partial charge in [0.1, 0.15) is 0 Å². The summed E-state index contributed by atoms with van der Waals surface area (Å²) in [7, 11) is 1.53. The molecule has 2 heterocycles. The van der Waals surface area contributed by atoms with Crippen molar-refractivity contribution in [2.45, 2.75) is 64.0 Å². The van der Waals surface area contributed by atoms with E-state index >= 15 is 0 Å². The van der Waals surface area contributed by atoms with Crippen molar-refractivity contribution in [2.75, 3.05) is 32.1 Å². The Labute approximate surface area is 224 Å². The molecule has 1 aromatic heterocycles. The number of phenols is 1. The SMILES string of the molecule is CCc1cnc2ccc(-c3cc(Cl)c(O)c(OC)c3)cc2c1NC1CCC(CN2CCC[C@H]2CO)CC1. The molecule has 6 nitrogen and oxygen atoms in total. The lowest BCUT2D eigenvalue weighted by Gasteiger charge is -2.34. The smallest absolute Gasteiger partial charge is 0.176 e. The summed E-state index contributed by atoms with van der Waals surface area (Å²) in [5.41, 5.74) is 5.24. The van der Waals surface area contributed by atoms with Crippen LogP contribution in [-0.2, 0) is 6.42 Å². The number of methoxy groups -OCH3 is 1. The largest absolute Gasteiger partial charge is 0.503 e. The summed E-state index contributed by atoms with van der Waals surface area (Å²) in [6.45, 7) is 4.72. The molecule has 0 unspecified atom stereocenters. The molecule has 0 amide bonds. The van der Waals surface area contributed by atoms with E-state index in [-0.39, 0.29) is 17.4 Å². The summed E-state index contributed by atoms with van der Waals surface area (Å²) in [4.78, 5) is 7.24. The maximum absolute atomic E-state index is 10.2. The first-order valence-corrected chi connectivity index (χ1v) is 14.0. The summed E-state index contributed by atoms with van der Waals surface area (Å²) in [5.74, 6) is 1.03. The molecule has 1 atom stereocenters. The normalized spacial score (nSPS) is 22.4. The van der Waals surface area contributed by atoms with E-state index in [1.165, 1.54) is 37.6 Å². The Morgan fingerprint density at radius 3 is 2.65 bits per heavy atom. The van der Waals surface area contributed by atoms with Crippen LogP contribution in [0.25, 0.3) is 22.0 Å². The molecule has 1 saturated carbocycles. The molecule has 1 saturated heterocycles. The van der Waals surface area contributed by atoms with Gasteiger partial charge >= 0.3 is 0 Å². The molecule has 37 heavy (non-hydrogen) atoms. The second-order valence-electron chi connectivity index (χ2n) is 10.6. The van der Waals surface area contributed by atoms with Gasteiger partial charge < -0.3 is 20.3 Å². The van der Waals surface area contributed by atoms with Crippen molar-refractivity contribution in [3.05, 3.63) is 47.1 Å². The van der Waals surface area contributed by atoms with Crippen LogP contribution < -0.4 is 10.1 Å². The number of hydrogen-bond acceptors (Lipinski definition) is 6. The standard InChI is InChI=1S/C30H38ClN3O3/c1-3-20-16-32-27-11-8-21(22-14-26(31)30(36)28(15-22)37-2)13-25(27)29(20)33-23-9-6-19(7-10-23)17-34-12-4-5-24(34)18-35/h8,11,13-16,19,23-24,35-36H,3-7,9-10,12,17-18H2,1-2H3,(H,32,33)/t19?,23?,24-/m0/s1. The van der Waals surface area contributed by atoms with Crippen molar-refractivity contribution in [3.8, 4) is 22.6 Å². The lowest BCUT2D eigenvalue weighted by atomic mass is 9.85. The average Bonchev–Trinajstić information content (AvgIpc) is 3.38. The number of rotatable bonds is 8. The number of aliphatic hydroxyl groups is 1. The minimum Gasteiger partial charge on any atom is -0.503 e. The highest BCUT2D eigenvalue weighted by Gasteiger charge is 2.29. The molecule has 2 fully saturated rings. The van der Waals surface area contributed by atoms with Crippen molar-refractivity contribution in [1.29, 1.82) is 0 Å². The lowest BCUT2D eigenvalue weighted by Crippen LogP contribution is -2.38. The molecular weight excluding hydrogens is 486 g/mol. The van der Waals surface area contributed by atoms with Crippen LogP contribution in [0.4, 0.5) is 5.69 Å². The number of aryl methyl sites for hydroxylation is 1. The Morgan fingerprint density at radius 1 is 1.11 bits per heavy atom. The molecular formula is C30H38ClN3O3. The number of nitrogens with one attached hydrogen (secondary N) is 1. The third kappa shape index (κ3) is 5.52. The van der Waals surface area contributed by atoms with Crippen molar-refractivity contribution < 1.29 is 14.9 Å². The first-order valence-electron chi connectivity index (χ1n) is 13.6. The Balaban J connectivity index is 1.37. The Kier molecular flexibility index (Phi) is 8.08. The van der Waals surface area contributed by atoms with E-state index in [9.17, 15) is 10.2 Å². The number of anilines is 1. The van der Waals surface area contributed by atoms with Crippen LogP contribution in [0.3, 0.4) is 0 Å². The number of hydrogen-bond donors (Lipinski definition) is 3. The molecule has 1 aliphatic heterocycles. The molecule has 0 radical (unpaired) electrons. The molecule has 198 valence electrons. The number of benzene rings is 2. The number of halogens is 1. The number of nitrogens with zero attached hydrogens (tertiary/aromatic N) is 2. The van der Waals surface area contributed by atoms with Gasteiger partial charge in [0.2, 0.25) is 0 Å². The highest BCUT2D eigenvalue weighted by Crippen LogP contribution is 2.40. The molecule has 0 bridgehead atoms. The molecule has 2 aromatic carbocycles. The summed E-state index contributed by atoms with van der Waals surface area (Å²) < 4.78 is 5.32. The third-order valence-electron chi connectivity index (χ3n) is 8.31. The van der Waals surface area contributed by atoms with Gasteiger partial charge in [0.25, 0.3) is 0 Å². The fourth-order valence-corrected chi connectivity index (χ4v) is 6.33. The molecule has 0 spiro atoms. The molecule has 2 aliphatic rings. The number of aromatic nitrogens is 1. The van der Waals surface area contributed by atoms with Crippen LogP contribution in [0.2, 0.25) is 5.02 Å². The number of fused-ring (bicyclic) bond motifs is 1. The van der Waals surface area contributed by atoms with E-state index in [4.69, 9.17) is 21.3 Å². The Bertz CT molecular complexity index is 1240. The van der Waals surface area contributed by atoms with Crippen molar-refractivity contribution in [2.24, 2.45) is 5.92 Å². The van der Waals surface area contributed by atoms with Gasteiger partial charge in [0.05, 0.1) is 24.3 Å². The van der Waals surface area contributed by atoms with Crippen LogP contribution in [0.1, 0.15) is 51.0 Å². The van der Waals surface area contributed by atoms with E-state index in [0.29, 0.717) is 23.8 Å². The predicted octanol–water partition coefficient (Wildman–Crippen LogP) is 6.26. The van der Waals surface area contributed by atoms with E-state index < -0.39 is 0 Å². The zero-order valence-corrected chi connectivity index (χ0v) is 22.6. The fraction of sp³-hybridized carbons (Fsp3) is 0.500. The van der Waals surface area contributed by atoms with Gasteiger partial charge in [-0.2, -0.15) is 0 Å². The minimum absolute atomic E-state index is 0.0433. The quantitative estimate of drug-likeness (QED) is 0.323. The molecule has 3 N–H and O–H groups in total. The topological polar surface area (TPSA) is 77.9 Å². The van der Waals surface area contributed by atoms with Gasteiger partial charge in [-0.1, -0.05) is 24.6 Å². The van der Waals surface area contributed by atoms with Crippen molar-refractivity contribution in [3.63, 3.8) is 0 Å². The van der Waals surface area contributed by atoms with Crippen LogP contribution in [0, 0.1) is 5.92 Å². The highest BCUT2D eigenvalue weighted by molar-refractivity contribution is 6.32. The van der Waals surface area contributed by atoms with Crippen molar-refractivity contribution >= 4 is 28.2 Å². The molecule has 5 rings (SSSR count). The number of ether oxygens (including phenoxy) is 1. The zero-order valence-electron chi connectivity index (χ0n) is 21.8. The van der Waals surface area contributed by atoms with Gasteiger partial charge in [-0.3, -0.25) is 9.88 Å². The van der Waals surface area contributed by atoms with E-state index in [0.717, 1.165) is 60.8 Å². The first-order chi connectivity index (χ1) is 18.0. The number of pyridine rings is 1. The second-order valence-corrected chi connectivity index (χ2v) is 11.0. The zero-order chi connectivity index (χ0) is 25.9. The Morgan fingerprint density at radius 2 is 1.92 bits per heavy atom. The highest BCUT2D eigenvalue weighted by atomic mass is 35.5. The molecule has 1 aliphatic carbocycles. The van der Waals surface area contributed by atoms with Gasteiger partial charge in [-0.25, -0.2) is 0 Å². The average molecular weight is 524 g/mol. The van der Waals surface area contributed by atoms with E-state index in [1.54, 1.807) is 6.07 Å². The summed E-state index contributed by atoms with van der Waals surface area (Å²) in [6.07, 6.45) is 9.98. The number of aromatic hydroxyl groups is 1. The third-order valence-corrected chi connectivity index (χ3v) is 8.59. The first kappa shape index (κ1) is 26.1. The maximum Gasteiger partial charge on any atom is 0.176 e. The number of likely N-dealkylation sites (tertiary alicyclic amines) is 1. The van der Waals surface area contributed by atoms with Gasteiger partial charge in [0, 0.05) is 35.9 Å². The van der Waals surface area contributed by atoms with E-state index in [2.05, 4.69) is 23.2 Å². The summed E-state index contributed by atoms with van der Waals surface area (Å²) >= 11 is 6.28. The predicted molar refractivity (Wildman–Crippen MR) is 151 cm³/mol.